The molecular weight excluding hydrogens is 320 g/mol. The highest BCUT2D eigenvalue weighted by molar-refractivity contribution is 7.86. The highest BCUT2D eigenvalue weighted by atomic mass is 32.2. The zero-order valence-corrected chi connectivity index (χ0v) is 14.4. The first-order valence-electron chi connectivity index (χ1n) is 8.22. The van der Waals surface area contributed by atoms with Crippen molar-refractivity contribution in [3.8, 4) is 0 Å². The quantitative estimate of drug-likeness (QED) is 0.620. The lowest BCUT2D eigenvalue weighted by molar-refractivity contribution is 0.189. The topological polar surface area (TPSA) is 43.4 Å². The molecule has 0 heterocycles. The van der Waals surface area contributed by atoms with Crippen molar-refractivity contribution in [3.63, 3.8) is 0 Å². The Morgan fingerprint density at radius 1 is 1.08 bits per heavy atom. The summed E-state index contributed by atoms with van der Waals surface area (Å²) in [5.74, 6) is 0.631. The van der Waals surface area contributed by atoms with Crippen LogP contribution in [-0.2, 0) is 14.3 Å². The molecule has 2 aromatic rings. The van der Waals surface area contributed by atoms with Gasteiger partial charge in [-0.2, -0.15) is 8.42 Å². The Bertz CT molecular complexity index is 883. The van der Waals surface area contributed by atoms with Crippen molar-refractivity contribution in [1.29, 1.82) is 0 Å². The van der Waals surface area contributed by atoms with Crippen molar-refractivity contribution < 1.29 is 12.6 Å². The molecule has 2 aliphatic carbocycles. The van der Waals surface area contributed by atoms with Gasteiger partial charge < -0.3 is 0 Å². The Morgan fingerprint density at radius 3 is 2.42 bits per heavy atom. The maximum absolute atomic E-state index is 12.6. The summed E-state index contributed by atoms with van der Waals surface area (Å²) in [5.41, 5.74) is 3.55. The number of rotatable bonds is 4. The molecule has 3 nitrogen and oxygen atoms in total. The first-order valence-corrected chi connectivity index (χ1v) is 9.63. The number of hydrogen-bond acceptors (Lipinski definition) is 3. The lowest BCUT2D eigenvalue weighted by Crippen LogP contribution is -2.24. The van der Waals surface area contributed by atoms with E-state index in [0.29, 0.717) is 5.92 Å². The predicted molar refractivity (Wildman–Crippen MR) is 93.5 cm³/mol. The molecule has 0 aliphatic heterocycles. The van der Waals surface area contributed by atoms with E-state index in [9.17, 15) is 8.42 Å². The monoisotopic (exact) mass is 340 g/mol. The van der Waals surface area contributed by atoms with Crippen LogP contribution in [0.5, 0.6) is 0 Å². The van der Waals surface area contributed by atoms with Crippen molar-refractivity contribution in [2.24, 2.45) is 5.92 Å². The van der Waals surface area contributed by atoms with Crippen LogP contribution in [0.4, 0.5) is 0 Å². The summed E-state index contributed by atoms with van der Waals surface area (Å²) < 4.78 is 30.9. The largest absolute Gasteiger partial charge is 0.297 e. The second-order valence-electron chi connectivity index (χ2n) is 6.71. The Balaban J connectivity index is 1.65. The zero-order valence-electron chi connectivity index (χ0n) is 13.6. The summed E-state index contributed by atoms with van der Waals surface area (Å²) in [6.07, 6.45) is 2.36. The molecule has 4 atom stereocenters. The molecule has 0 unspecified atom stereocenters. The summed E-state index contributed by atoms with van der Waals surface area (Å²) in [6.45, 7) is 5.89. The van der Waals surface area contributed by atoms with Gasteiger partial charge in [0.25, 0.3) is 10.1 Å². The van der Waals surface area contributed by atoms with E-state index in [2.05, 4.69) is 18.7 Å². The third-order valence-electron chi connectivity index (χ3n) is 5.35. The van der Waals surface area contributed by atoms with E-state index in [1.807, 2.05) is 25.1 Å². The minimum atomic E-state index is -3.75. The van der Waals surface area contributed by atoms with Crippen LogP contribution < -0.4 is 0 Å². The molecule has 124 valence electrons. The van der Waals surface area contributed by atoms with E-state index in [1.54, 1.807) is 24.3 Å². The summed E-state index contributed by atoms with van der Waals surface area (Å²) in [5, 5.41) is 0. The molecule has 0 N–H and O–H groups in total. The first-order chi connectivity index (χ1) is 11.5. The molecule has 2 aromatic carbocycles. The SMILES string of the molecule is C=C[C@@H]1[C@@H]2c3ccccc3[C@H]1C[C@H]2OS(=O)(=O)c1ccc(C)cc1. The van der Waals surface area contributed by atoms with Crippen molar-refractivity contribution in [2.75, 3.05) is 0 Å². The average molecular weight is 340 g/mol. The third kappa shape index (κ3) is 2.33. The molecule has 0 saturated heterocycles. The zero-order chi connectivity index (χ0) is 16.9. The van der Waals surface area contributed by atoms with Crippen LogP contribution in [0.15, 0.2) is 66.1 Å². The lowest BCUT2D eigenvalue weighted by atomic mass is 9.90. The van der Waals surface area contributed by atoms with Crippen LogP contribution >= 0.6 is 0 Å². The van der Waals surface area contributed by atoms with Crippen LogP contribution in [0.3, 0.4) is 0 Å². The van der Waals surface area contributed by atoms with Crippen molar-refractivity contribution in [3.05, 3.63) is 77.9 Å². The number of benzene rings is 2. The van der Waals surface area contributed by atoms with Gasteiger partial charge in [0.2, 0.25) is 0 Å². The highest BCUT2D eigenvalue weighted by Gasteiger charge is 2.52. The van der Waals surface area contributed by atoms with E-state index < -0.39 is 10.1 Å². The molecule has 4 heteroatoms. The number of allylic oxidation sites excluding steroid dienone is 1. The van der Waals surface area contributed by atoms with E-state index in [1.165, 1.54) is 11.1 Å². The number of hydrogen-bond donors (Lipinski definition) is 0. The Labute approximate surface area is 143 Å². The fourth-order valence-electron chi connectivity index (χ4n) is 4.28. The van der Waals surface area contributed by atoms with Crippen molar-refractivity contribution in [1.82, 2.24) is 0 Å². The molecule has 2 bridgehead atoms. The molecule has 0 aromatic heterocycles. The van der Waals surface area contributed by atoms with Gasteiger partial charge in [-0.3, -0.25) is 4.18 Å². The van der Waals surface area contributed by atoms with E-state index >= 15 is 0 Å². The smallest absolute Gasteiger partial charge is 0.262 e. The third-order valence-corrected chi connectivity index (χ3v) is 6.70. The van der Waals surface area contributed by atoms with Gasteiger partial charge in [-0.1, -0.05) is 48.0 Å². The average Bonchev–Trinajstić information content (AvgIpc) is 3.07. The molecule has 1 fully saturated rings. The van der Waals surface area contributed by atoms with Gasteiger partial charge >= 0.3 is 0 Å². The molecule has 2 aliphatic rings. The maximum atomic E-state index is 12.6. The van der Waals surface area contributed by atoms with Gasteiger partial charge in [0, 0.05) is 5.92 Å². The first kappa shape index (κ1) is 15.6. The Morgan fingerprint density at radius 2 is 1.75 bits per heavy atom. The fourth-order valence-corrected chi connectivity index (χ4v) is 5.38. The molecule has 24 heavy (non-hydrogen) atoms. The second-order valence-corrected chi connectivity index (χ2v) is 8.28. The van der Waals surface area contributed by atoms with Gasteiger partial charge in [-0.15, -0.1) is 6.58 Å². The van der Waals surface area contributed by atoms with Gasteiger partial charge in [0.15, 0.2) is 0 Å². The van der Waals surface area contributed by atoms with Crippen LogP contribution in [0.2, 0.25) is 0 Å². The standard InChI is InChI=1S/C20H20O3S/c1-3-15-18-12-19(20(15)17-7-5-4-6-16(17)18)23-24(21,22)14-10-8-13(2)9-11-14/h3-11,15,18-20H,1,12H2,2H3/t15-,18-,19+,20+/m0/s1. The summed E-state index contributed by atoms with van der Waals surface area (Å²) >= 11 is 0. The molecule has 0 radical (unpaired) electrons. The predicted octanol–water partition coefficient (Wildman–Crippen LogP) is 4.16. The lowest BCUT2D eigenvalue weighted by Gasteiger charge is -2.24. The van der Waals surface area contributed by atoms with Crippen LogP contribution in [0.1, 0.15) is 34.9 Å². The van der Waals surface area contributed by atoms with Gasteiger partial charge in [-0.05, 0) is 48.4 Å². The van der Waals surface area contributed by atoms with Crippen LogP contribution in [0, 0.1) is 12.8 Å². The minimum absolute atomic E-state index is 0.0731. The van der Waals surface area contributed by atoms with E-state index in [-0.39, 0.29) is 22.8 Å². The van der Waals surface area contributed by atoms with E-state index in [0.717, 1.165) is 12.0 Å². The Kier molecular flexibility index (Phi) is 3.62. The van der Waals surface area contributed by atoms with Gasteiger partial charge in [0.05, 0.1) is 11.0 Å². The summed E-state index contributed by atoms with van der Waals surface area (Å²) in [7, 11) is -3.75. The number of fused-ring (bicyclic) bond motifs is 5. The van der Waals surface area contributed by atoms with Crippen molar-refractivity contribution in [2.45, 2.75) is 36.2 Å². The molecular formula is C20H20O3S. The normalized spacial score (nSPS) is 27.9. The second kappa shape index (κ2) is 5.57. The maximum Gasteiger partial charge on any atom is 0.297 e. The molecule has 0 amide bonds. The van der Waals surface area contributed by atoms with E-state index in [4.69, 9.17) is 4.18 Å². The van der Waals surface area contributed by atoms with Crippen molar-refractivity contribution >= 4 is 10.1 Å². The highest BCUT2D eigenvalue weighted by Crippen LogP contribution is 2.58. The summed E-state index contributed by atoms with van der Waals surface area (Å²) in [6, 6.07) is 15.1. The number of aryl methyl sites for hydroxylation is 1. The summed E-state index contributed by atoms with van der Waals surface area (Å²) in [4.78, 5) is 0.222. The van der Waals surface area contributed by atoms with Crippen LogP contribution in [-0.4, -0.2) is 14.5 Å². The minimum Gasteiger partial charge on any atom is -0.262 e. The molecule has 4 rings (SSSR count). The Hall–Kier alpha value is -1.91. The fraction of sp³-hybridized carbons (Fsp3) is 0.300. The van der Waals surface area contributed by atoms with Gasteiger partial charge in [0.1, 0.15) is 0 Å². The van der Waals surface area contributed by atoms with Gasteiger partial charge in [-0.25, -0.2) is 0 Å². The molecule has 0 spiro atoms. The van der Waals surface area contributed by atoms with Crippen LogP contribution in [0.25, 0.3) is 0 Å². The molecule has 1 saturated carbocycles.